The molecule has 9 heteroatoms. The summed E-state index contributed by atoms with van der Waals surface area (Å²) >= 11 is 0. The van der Waals surface area contributed by atoms with E-state index in [-0.39, 0.29) is 29.9 Å². The van der Waals surface area contributed by atoms with E-state index in [0.29, 0.717) is 17.9 Å². The van der Waals surface area contributed by atoms with Crippen molar-refractivity contribution in [1.29, 1.82) is 0 Å². The highest BCUT2D eigenvalue weighted by Gasteiger charge is 2.33. The Morgan fingerprint density at radius 1 is 1.29 bits per heavy atom. The smallest absolute Gasteiger partial charge is 0.338 e. The van der Waals surface area contributed by atoms with Crippen LogP contribution < -0.4 is 9.47 Å². The van der Waals surface area contributed by atoms with Gasteiger partial charge in [-0.15, -0.1) is 0 Å². The number of amides is 1. The van der Waals surface area contributed by atoms with Crippen molar-refractivity contribution in [3.63, 3.8) is 0 Å². The van der Waals surface area contributed by atoms with Gasteiger partial charge in [0.05, 0.1) is 17.1 Å². The highest BCUT2D eigenvalue weighted by Crippen LogP contribution is 2.32. The maximum absolute atomic E-state index is 12.1. The molecule has 0 radical (unpaired) electrons. The van der Waals surface area contributed by atoms with Gasteiger partial charge in [0, 0.05) is 13.1 Å². The number of fused-ring (bicyclic) bond motifs is 1. The van der Waals surface area contributed by atoms with Crippen molar-refractivity contribution in [3.8, 4) is 11.5 Å². The number of hydrogen-bond acceptors (Lipinski definition) is 7. The van der Waals surface area contributed by atoms with Gasteiger partial charge >= 0.3 is 5.97 Å². The molecule has 0 N–H and O–H groups in total. The molecule has 0 saturated carbocycles. The molecule has 0 spiro atoms. The largest absolute Gasteiger partial charge is 0.454 e. The summed E-state index contributed by atoms with van der Waals surface area (Å²) in [6.07, 6.45) is 0.403. The lowest BCUT2D eigenvalue weighted by atomic mass is 10.2. The second-order valence-corrected chi connectivity index (χ2v) is 7.93. The van der Waals surface area contributed by atoms with Gasteiger partial charge in [0.15, 0.2) is 27.9 Å². The van der Waals surface area contributed by atoms with Crippen LogP contribution in [0, 0.1) is 0 Å². The predicted octanol–water partition coefficient (Wildman–Crippen LogP) is 0.218. The van der Waals surface area contributed by atoms with Crippen molar-refractivity contribution in [2.75, 3.05) is 32.0 Å². The number of carbonyl (C=O) groups is 2. The third kappa shape index (κ3) is 3.45. The van der Waals surface area contributed by atoms with Crippen molar-refractivity contribution in [3.05, 3.63) is 23.8 Å². The molecule has 0 aliphatic carbocycles. The number of hydrogen-bond donors (Lipinski definition) is 0. The minimum absolute atomic E-state index is 0.0503. The van der Waals surface area contributed by atoms with Crippen LogP contribution in [0.15, 0.2) is 18.2 Å². The molecule has 1 aromatic carbocycles. The summed E-state index contributed by atoms with van der Waals surface area (Å²) < 4.78 is 38.3. The van der Waals surface area contributed by atoms with Crippen molar-refractivity contribution in [2.24, 2.45) is 0 Å². The van der Waals surface area contributed by atoms with E-state index in [0.717, 1.165) is 0 Å². The maximum atomic E-state index is 12.1. The van der Waals surface area contributed by atoms with Crippen molar-refractivity contribution < 1.29 is 32.2 Å². The minimum atomic E-state index is -3.08. The minimum Gasteiger partial charge on any atom is -0.454 e. The molecule has 1 amide bonds. The van der Waals surface area contributed by atoms with E-state index in [9.17, 15) is 18.0 Å². The molecule has 130 valence electrons. The fourth-order valence-corrected chi connectivity index (χ4v) is 4.39. The van der Waals surface area contributed by atoms with Gasteiger partial charge in [0.2, 0.25) is 6.79 Å². The molecule has 1 atom stereocenters. The van der Waals surface area contributed by atoms with E-state index in [1.54, 1.807) is 6.07 Å². The molecule has 3 rings (SSSR count). The van der Waals surface area contributed by atoms with E-state index in [1.165, 1.54) is 24.1 Å². The fourth-order valence-electron chi connectivity index (χ4n) is 2.62. The number of benzene rings is 1. The first-order chi connectivity index (χ1) is 11.4. The van der Waals surface area contributed by atoms with Crippen LogP contribution in [0.2, 0.25) is 0 Å². The highest BCUT2D eigenvalue weighted by molar-refractivity contribution is 7.91. The molecule has 0 aromatic heterocycles. The Bertz CT molecular complexity index is 774. The Kier molecular flexibility index (Phi) is 4.35. The molecule has 24 heavy (non-hydrogen) atoms. The summed E-state index contributed by atoms with van der Waals surface area (Å²) in [5.74, 6) is -0.0772. The van der Waals surface area contributed by atoms with Crippen LogP contribution in [0.4, 0.5) is 0 Å². The van der Waals surface area contributed by atoms with Crippen LogP contribution in [-0.4, -0.2) is 63.2 Å². The van der Waals surface area contributed by atoms with Gasteiger partial charge in [-0.25, -0.2) is 13.2 Å². The Morgan fingerprint density at radius 2 is 2.04 bits per heavy atom. The maximum Gasteiger partial charge on any atom is 0.338 e. The zero-order valence-electron chi connectivity index (χ0n) is 13.1. The molecule has 1 saturated heterocycles. The lowest BCUT2D eigenvalue weighted by Crippen LogP contribution is -2.40. The van der Waals surface area contributed by atoms with Crippen LogP contribution in [0.1, 0.15) is 16.8 Å². The van der Waals surface area contributed by atoms with Gasteiger partial charge in [-0.3, -0.25) is 4.79 Å². The average molecular weight is 355 g/mol. The molecular formula is C15H17NO7S. The summed E-state index contributed by atoms with van der Waals surface area (Å²) in [6.45, 7) is -0.346. The van der Waals surface area contributed by atoms with Crippen LogP contribution in [-0.2, 0) is 19.4 Å². The second-order valence-electron chi connectivity index (χ2n) is 5.71. The quantitative estimate of drug-likeness (QED) is 0.712. The first-order valence-electron chi connectivity index (χ1n) is 7.38. The first-order valence-corrected chi connectivity index (χ1v) is 9.21. The van der Waals surface area contributed by atoms with Crippen LogP contribution in [0.3, 0.4) is 0 Å². The van der Waals surface area contributed by atoms with Gasteiger partial charge in [-0.2, -0.15) is 0 Å². The monoisotopic (exact) mass is 355 g/mol. The van der Waals surface area contributed by atoms with E-state index < -0.39 is 28.3 Å². The summed E-state index contributed by atoms with van der Waals surface area (Å²) in [7, 11) is -1.57. The number of carbonyl (C=O) groups excluding carboxylic acids is 2. The number of ether oxygens (including phenoxy) is 3. The number of esters is 1. The third-order valence-electron chi connectivity index (χ3n) is 4.08. The molecule has 1 fully saturated rings. The van der Waals surface area contributed by atoms with Gasteiger partial charge in [-0.1, -0.05) is 0 Å². The molecule has 0 unspecified atom stereocenters. The van der Waals surface area contributed by atoms with Gasteiger partial charge in [0.25, 0.3) is 5.91 Å². The lowest BCUT2D eigenvalue weighted by molar-refractivity contribution is -0.134. The SMILES string of the molecule is CN(C(=O)COC(=O)c1ccc2c(c1)OCO2)[C@@H]1CCS(=O)(=O)C1. The topological polar surface area (TPSA) is 99.2 Å². The molecule has 2 aliphatic rings. The predicted molar refractivity (Wildman–Crippen MR) is 82.7 cm³/mol. The van der Waals surface area contributed by atoms with E-state index in [2.05, 4.69) is 0 Å². The Labute approximate surface area is 139 Å². The molecular weight excluding hydrogens is 338 g/mol. The normalized spacial score (nSPS) is 20.6. The van der Waals surface area contributed by atoms with Gasteiger partial charge in [-0.05, 0) is 24.6 Å². The van der Waals surface area contributed by atoms with Gasteiger partial charge in [0.1, 0.15) is 0 Å². The van der Waals surface area contributed by atoms with Crippen LogP contribution >= 0.6 is 0 Å². The van der Waals surface area contributed by atoms with Crippen LogP contribution in [0.5, 0.6) is 11.5 Å². The van der Waals surface area contributed by atoms with E-state index in [1.807, 2.05) is 0 Å². The lowest BCUT2D eigenvalue weighted by Gasteiger charge is -2.23. The summed E-state index contributed by atoms with van der Waals surface area (Å²) in [5, 5.41) is 0. The molecule has 0 bridgehead atoms. The number of rotatable bonds is 4. The zero-order valence-corrected chi connectivity index (χ0v) is 13.9. The van der Waals surface area contributed by atoms with Crippen molar-refractivity contribution >= 4 is 21.7 Å². The first kappa shape index (κ1) is 16.6. The van der Waals surface area contributed by atoms with Gasteiger partial charge < -0.3 is 19.1 Å². The Hall–Kier alpha value is -2.29. The third-order valence-corrected chi connectivity index (χ3v) is 5.83. The summed E-state index contributed by atoms with van der Waals surface area (Å²) in [4.78, 5) is 25.4. The van der Waals surface area contributed by atoms with E-state index in [4.69, 9.17) is 14.2 Å². The number of likely N-dealkylation sites (N-methyl/N-ethyl adjacent to an activating group) is 1. The Morgan fingerprint density at radius 3 is 2.75 bits per heavy atom. The number of nitrogens with zero attached hydrogens (tertiary/aromatic N) is 1. The fraction of sp³-hybridized carbons (Fsp3) is 0.467. The molecule has 2 aliphatic heterocycles. The Balaban J connectivity index is 1.55. The zero-order chi connectivity index (χ0) is 17.3. The molecule has 2 heterocycles. The summed E-state index contributed by atoms with van der Waals surface area (Å²) in [6, 6.07) is 4.23. The van der Waals surface area contributed by atoms with Crippen molar-refractivity contribution in [1.82, 2.24) is 4.90 Å². The van der Waals surface area contributed by atoms with Crippen LogP contribution in [0.25, 0.3) is 0 Å². The average Bonchev–Trinajstić information content (AvgIpc) is 3.16. The van der Waals surface area contributed by atoms with Crippen molar-refractivity contribution in [2.45, 2.75) is 12.5 Å². The highest BCUT2D eigenvalue weighted by atomic mass is 32.2. The molecule has 8 nitrogen and oxygen atoms in total. The molecule has 1 aromatic rings. The second kappa shape index (κ2) is 6.31. The number of sulfone groups is 1. The van der Waals surface area contributed by atoms with E-state index >= 15 is 0 Å². The summed E-state index contributed by atoms with van der Waals surface area (Å²) in [5.41, 5.74) is 0.248. The standard InChI is InChI=1S/C15H17NO7S/c1-16(11-4-5-24(19,20)8-11)14(17)7-21-15(18)10-2-3-12-13(6-10)23-9-22-12/h2-3,6,11H,4-5,7-9H2,1H3/t11-/m1/s1.